The van der Waals surface area contributed by atoms with Crippen LogP contribution >= 0.6 is 0 Å². The SMILES string of the molecule is O=C(NCC(O)C(O)c1ccc(C(=O)O)cc1O)OCC1c2ccccc2-c2ccccc21. The van der Waals surface area contributed by atoms with Crippen LogP contribution in [-0.4, -0.2) is 51.7 Å². The van der Waals surface area contributed by atoms with Gasteiger partial charge in [0.25, 0.3) is 0 Å². The molecule has 0 aliphatic heterocycles. The number of ether oxygens (including phenoxy) is 1. The van der Waals surface area contributed by atoms with Gasteiger partial charge in [-0.15, -0.1) is 0 Å². The summed E-state index contributed by atoms with van der Waals surface area (Å²) >= 11 is 0. The summed E-state index contributed by atoms with van der Waals surface area (Å²) in [6.07, 6.45) is -3.75. The summed E-state index contributed by atoms with van der Waals surface area (Å²) in [7, 11) is 0. The first-order valence-electron chi connectivity index (χ1n) is 10.4. The van der Waals surface area contributed by atoms with Crippen molar-refractivity contribution >= 4 is 12.1 Å². The van der Waals surface area contributed by atoms with Crippen molar-refractivity contribution in [3.63, 3.8) is 0 Å². The summed E-state index contributed by atoms with van der Waals surface area (Å²) in [6, 6.07) is 19.3. The van der Waals surface area contributed by atoms with Crippen LogP contribution in [0.2, 0.25) is 0 Å². The molecule has 0 bridgehead atoms. The number of fused-ring (bicyclic) bond motifs is 3. The lowest BCUT2D eigenvalue weighted by molar-refractivity contribution is 0.0172. The van der Waals surface area contributed by atoms with Crippen molar-refractivity contribution in [1.29, 1.82) is 0 Å². The molecule has 2 atom stereocenters. The number of nitrogens with one attached hydrogen (secondary N) is 1. The fraction of sp³-hybridized carbons (Fsp3) is 0.200. The van der Waals surface area contributed by atoms with Gasteiger partial charge in [-0.05, 0) is 34.4 Å². The summed E-state index contributed by atoms with van der Waals surface area (Å²) in [5.74, 6) is -1.81. The predicted molar refractivity (Wildman–Crippen MR) is 119 cm³/mol. The van der Waals surface area contributed by atoms with Gasteiger partial charge in [-0.25, -0.2) is 9.59 Å². The zero-order valence-corrected chi connectivity index (χ0v) is 17.5. The zero-order valence-electron chi connectivity index (χ0n) is 17.5. The lowest BCUT2D eigenvalue weighted by Gasteiger charge is -2.20. The number of aromatic hydroxyl groups is 1. The van der Waals surface area contributed by atoms with E-state index in [1.807, 2.05) is 48.5 Å². The van der Waals surface area contributed by atoms with Crippen LogP contribution in [0.3, 0.4) is 0 Å². The van der Waals surface area contributed by atoms with E-state index < -0.39 is 30.0 Å². The third kappa shape index (κ3) is 4.52. The molecule has 8 nitrogen and oxygen atoms in total. The minimum atomic E-state index is -1.54. The van der Waals surface area contributed by atoms with Crippen molar-refractivity contribution in [2.24, 2.45) is 0 Å². The van der Waals surface area contributed by atoms with Crippen LogP contribution in [0.4, 0.5) is 4.79 Å². The number of phenolic OH excluding ortho intramolecular Hbond substituents is 1. The maximum absolute atomic E-state index is 12.2. The van der Waals surface area contributed by atoms with Crippen molar-refractivity contribution in [3.8, 4) is 16.9 Å². The molecule has 0 radical (unpaired) electrons. The van der Waals surface area contributed by atoms with Crippen molar-refractivity contribution < 1.29 is 34.8 Å². The van der Waals surface area contributed by atoms with Gasteiger partial charge in [-0.2, -0.15) is 0 Å². The van der Waals surface area contributed by atoms with Gasteiger partial charge in [0.2, 0.25) is 0 Å². The van der Waals surface area contributed by atoms with E-state index in [4.69, 9.17) is 9.84 Å². The van der Waals surface area contributed by atoms with Gasteiger partial charge < -0.3 is 30.5 Å². The Balaban J connectivity index is 1.34. The lowest BCUT2D eigenvalue weighted by Crippen LogP contribution is -2.36. The number of carboxylic acids is 1. The van der Waals surface area contributed by atoms with Gasteiger partial charge in [0.15, 0.2) is 0 Å². The van der Waals surface area contributed by atoms with Gasteiger partial charge in [0.1, 0.15) is 24.6 Å². The summed E-state index contributed by atoms with van der Waals surface area (Å²) in [5.41, 5.74) is 4.14. The highest BCUT2D eigenvalue weighted by Gasteiger charge is 2.29. The topological polar surface area (TPSA) is 136 Å². The number of phenols is 1. The predicted octanol–water partition coefficient (Wildman–Crippen LogP) is 3.02. The normalized spacial score (nSPS) is 14.1. The van der Waals surface area contributed by atoms with E-state index in [1.54, 1.807) is 0 Å². The molecule has 1 aliphatic rings. The zero-order chi connectivity index (χ0) is 23.5. The van der Waals surface area contributed by atoms with E-state index in [0.29, 0.717) is 0 Å². The highest BCUT2D eigenvalue weighted by atomic mass is 16.5. The quantitative estimate of drug-likeness (QED) is 0.374. The lowest BCUT2D eigenvalue weighted by atomic mass is 9.98. The van der Waals surface area contributed by atoms with Crippen LogP contribution in [0, 0.1) is 0 Å². The van der Waals surface area contributed by atoms with E-state index in [1.165, 1.54) is 12.1 Å². The first-order valence-corrected chi connectivity index (χ1v) is 10.4. The molecule has 4 rings (SSSR count). The smallest absolute Gasteiger partial charge is 0.407 e. The van der Waals surface area contributed by atoms with Crippen molar-refractivity contribution in [2.45, 2.75) is 18.1 Å². The Kier molecular flexibility index (Phi) is 6.30. The Bertz CT molecular complexity index is 1150. The van der Waals surface area contributed by atoms with Crippen molar-refractivity contribution in [1.82, 2.24) is 5.32 Å². The highest BCUT2D eigenvalue weighted by Crippen LogP contribution is 2.44. The first kappa shape index (κ1) is 22.3. The van der Waals surface area contributed by atoms with Crippen LogP contribution < -0.4 is 5.32 Å². The Hall–Kier alpha value is -3.88. The van der Waals surface area contributed by atoms with E-state index >= 15 is 0 Å². The largest absolute Gasteiger partial charge is 0.508 e. The molecule has 0 aromatic heterocycles. The number of rotatable bonds is 7. The number of aromatic carboxylic acids is 1. The molecule has 33 heavy (non-hydrogen) atoms. The first-order chi connectivity index (χ1) is 15.9. The number of carbonyl (C=O) groups excluding carboxylic acids is 1. The highest BCUT2D eigenvalue weighted by molar-refractivity contribution is 5.88. The third-order valence-electron chi connectivity index (χ3n) is 5.76. The van der Waals surface area contributed by atoms with Crippen LogP contribution in [0.1, 0.15) is 39.1 Å². The second-order valence-corrected chi connectivity index (χ2v) is 7.80. The molecule has 5 N–H and O–H groups in total. The molecular weight excluding hydrogens is 426 g/mol. The van der Waals surface area contributed by atoms with Crippen molar-refractivity contribution in [3.05, 3.63) is 89.0 Å². The number of hydrogen-bond acceptors (Lipinski definition) is 6. The van der Waals surface area contributed by atoms with Gasteiger partial charge in [0.05, 0.1) is 5.56 Å². The molecular formula is C25H23NO7. The van der Waals surface area contributed by atoms with E-state index in [9.17, 15) is 24.9 Å². The molecule has 0 saturated carbocycles. The third-order valence-corrected chi connectivity index (χ3v) is 5.76. The van der Waals surface area contributed by atoms with E-state index in [-0.39, 0.29) is 30.2 Å². The molecule has 3 aromatic rings. The molecule has 0 spiro atoms. The number of aliphatic hydroxyl groups excluding tert-OH is 2. The molecule has 8 heteroatoms. The molecule has 0 heterocycles. The van der Waals surface area contributed by atoms with E-state index in [2.05, 4.69) is 5.32 Å². The fourth-order valence-electron chi connectivity index (χ4n) is 4.08. The number of benzene rings is 3. The Morgan fingerprint density at radius 2 is 1.55 bits per heavy atom. The molecule has 1 amide bonds. The van der Waals surface area contributed by atoms with Crippen LogP contribution in [0.15, 0.2) is 66.7 Å². The monoisotopic (exact) mass is 449 g/mol. The molecule has 2 unspecified atom stereocenters. The molecule has 0 fully saturated rings. The van der Waals surface area contributed by atoms with Gasteiger partial charge in [0, 0.05) is 18.0 Å². The standard InChI is InChI=1S/C25H23NO7/c27-21-11-14(24(30)31)9-10-19(21)23(29)22(28)12-26-25(32)33-13-20-17-7-3-1-5-15(17)16-6-2-4-8-18(16)20/h1-11,20,22-23,27-29H,12-13H2,(H,26,32)(H,30,31). The molecule has 1 aliphatic carbocycles. The molecule has 3 aromatic carbocycles. The van der Waals surface area contributed by atoms with Crippen molar-refractivity contribution in [2.75, 3.05) is 13.2 Å². The molecule has 0 saturated heterocycles. The summed E-state index contributed by atoms with van der Waals surface area (Å²) in [4.78, 5) is 23.2. The number of carboxylic acid groups (broad SMARTS) is 1. The number of aliphatic hydroxyl groups is 2. The second-order valence-electron chi connectivity index (χ2n) is 7.80. The second kappa shape index (κ2) is 9.32. The minimum absolute atomic E-state index is 0.0539. The van der Waals surface area contributed by atoms with Crippen LogP contribution in [0.5, 0.6) is 5.75 Å². The van der Waals surface area contributed by atoms with Crippen LogP contribution in [0.25, 0.3) is 11.1 Å². The maximum atomic E-state index is 12.2. The molecule has 170 valence electrons. The summed E-state index contributed by atoms with van der Waals surface area (Å²) in [6.45, 7) is -0.228. The average Bonchev–Trinajstić information content (AvgIpc) is 3.14. The average molecular weight is 449 g/mol. The minimum Gasteiger partial charge on any atom is -0.508 e. The number of hydrogen-bond donors (Lipinski definition) is 5. The number of amides is 1. The van der Waals surface area contributed by atoms with Gasteiger partial charge in [-0.1, -0.05) is 54.6 Å². The number of carbonyl (C=O) groups is 2. The summed E-state index contributed by atoms with van der Waals surface area (Å²) in [5, 5.41) is 41.8. The van der Waals surface area contributed by atoms with Gasteiger partial charge >= 0.3 is 12.1 Å². The Morgan fingerprint density at radius 1 is 0.939 bits per heavy atom. The van der Waals surface area contributed by atoms with Crippen LogP contribution in [-0.2, 0) is 4.74 Å². The fourth-order valence-corrected chi connectivity index (χ4v) is 4.08. The van der Waals surface area contributed by atoms with E-state index in [0.717, 1.165) is 28.3 Å². The van der Waals surface area contributed by atoms with Gasteiger partial charge in [-0.3, -0.25) is 0 Å². The summed E-state index contributed by atoms with van der Waals surface area (Å²) < 4.78 is 5.38. The maximum Gasteiger partial charge on any atom is 0.407 e. The Labute approximate surface area is 189 Å². The number of alkyl carbamates (subject to hydrolysis) is 1. The Morgan fingerprint density at radius 3 is 2.12 bits per heavy atom.